The molecule has 0 spiro atoms. The van der Waals surface area contributed by atoms with E-state index in [4.69, 9.17) is 16.3 Å². The van der Waals surface area contributed by atoms with Gasteiger partial charge in [-0.3, -0.25) is 4.90 Å². The molecule has 0 saturated carbocycles. The lowest BCUT2D eigenvalue weighted by Crippen LogP contribution is -2.23. The van der Waals surface area contributed by atoms with E-state index >= 15 is 0 Å². The molecule has 0 N–H and O–H groups in total. The molecule has 118 valence electrons. The fourth-order valence-corrected chi connectivity index (χ4v) is 3.36. The molecule has 0 aliphatic carbocycles. The molecule has 4 nitrogen and oxygen atoms in total. The summed E-state index contributed by atoms with van der Waals surface area (Å²) in [7, 11) is 0. The van der Waals surface area contributed by atoms with E-state index in [2.05, 4.69) is 44.8 Å². The maximum atomic E-state index is 6.05. The molecule has 0 amide bonds. The second kappa shape index (κ2) is 8.02. The molecule has 1 fully saturated rings. The molecular weight excluding hydrogens is 318 g/mol. The van der Waals surface area contributed by atoms with Gasteiger partial charge in [0.2, 0.25) is 0 Å². The monoisotopic (exact) mass is 337 g/mol. The second-order valence-electron chi connectivity index (χ2n) is 5.60. The number of benzene rings is 1. The van der Waals surface area contributed by atoms with Crippen LogP contribution in [-0.2, 0) is 17.7 Å². The normalized spacial score (nSPS) is 18.9. The number of ether oxygens (including phenoxy) is 1. The molecule has 0 radical (unpaired) electrons. The molecule has 1 aliphatic heterocycles. The molecule has 1 aromatic carbocycles. The minimum atomic E-state index is 0.334. The summed E-state index contributed by atoms with van der Waals surface area (Å²) in [6.45, 7) is 3.60. The van der Waals surface area contributed by atoms with Gasteiger partial charge in [0, 0.05) is 37.8 Å². The Balaban J connectivity index is 1.34. The van der Waals surface area contributed by atoms with Gasteiger partial charge in [-0.05, 0) is 24.8 Å². The molecule has 6 heteroatoms. The van der Waals surface area contributed by atoms with Crippen LogP contribution < -0.4 is 0 Å². The highest BCUT2D eigenvalue weighted by Gasteiger charge is 2.24. The number of hydrogen-bond acceptors (Lipinski definition) is 5. The standard InChI is InChI=1S/C16H20ClN3OS/c17-16-15(18-19-22-16)12-20-9-8-14(11-20)21-10-4-7-13-5-2-1-3-6-13/h1-3,5-6,14H,4,7-12H2. The summed E-state index contributed by atoms with van der Waals surface area (Å²) < 4.78 is 10.6. The van der Waals surface area contributed by atoms with E-state index in [1.54, 1.807) is 0 Å². The van der Waals surface area contributed by atoms with Gasteiger partial charge >= 0.3 is 0 Å². The van der Waals surface area contributed by atoms with Crippen molar-refractivity contribution in [2.45, 2.75) is 31.9 Å². The number of hydrogen-bond donors (Lipinski definition) is 0. The molecule has 1 unspecified atom stereocenters. The van der Waals surface area contributed by atoms with E-state index in [-0.39, 0.29) is 0 Å². The fraction of sp³-hybridized carbons (Fsp3) is 0.500. The lowest BCUT2D eigenvalue weighted by atomic mass is 10.1. The van der Waals surface area contributed by atoms with Crippen LogP contribution in [0.25, 0.3) is 0 Å². The van der Waals surface area contributed by atoms with E-state index in [1.807, 2.05) is 0 Å². The quantitative estimate of drug-likeness (QED) is 0.726. The van der Waals surface area contributed by atoms with E-state index in [1.165, 1.54) is 17.1 Å². The van der Waals surface area contributed by atoms with Crippen molar-refractivity contribution in [1.29, 1.82) is 0 Å². The highest BCUT2D eigenvalue weighted by Crippen LogP contribution is 2.22. The van der Waals surface area contributed by atoms with Gasteiger partial charge in [-0.25, -0.2) is 0 Å². The molecule has 1 atom stereocenters. The smallest absolute Gasteiger partial charge is 0.138 e. The third-order valence-electron chi connectivity index (χ3n) is 3.92. The average Bonchev–Trinajstić information content (AvgIpc) is 3.15. The summed E-state index contributed by atoms with van der Waals surface area (Å²) >= 11 is 7.30. The molecule has 22 heavy (non-hydrogen) atoms. The number of halogens is 1. The van der Waals surface area contributed by atoms with Crippen molar-refractivity contribution >= 4 is 23.1 Å². The highest BCUT2D eigenvalue weighted by atomic mass is 35.5. The first kappa shape index (κ1) is 15.9. The molecule has 1 aliphatic rings. The highest BCUT2D eigenvalue weighted by molar-refractivity contribution is 7.10. The number of nitrogens with zero attached hydrogens (tertiary/aromatic N) is 3. The Kier molecular flexibility index (Phi) is 5.78. The first-order valence-electron chi connectivity index (χ1n) is 7.66. The summed E-state index contributed by atoms with van der Waals surface area (Å²) in [4.78, 5) is 2.34. The third-order valence-corrected chi connectivity index (χ3v) is 4.90. The van der Waals surface area contributed by atoms with Crippen LogP contribution in [0.3, 0.4) is 0 Å². The fourth-order valence-electron chi connectivity index (χ4n) is 2.75. The summed E-state index contributed by atoms with van der Waals surface area (Å²) in [6.07, 6.45) is 3.57. The lowest BCUT2D eigenvalue weighted by Gasteiger charge is -2.15. The van der Waals surface area contributed by atoms with Crippen molar-refractivity contribution < 1.29 is 4.74 Å². The maximum Gasteiger partial charge on any atom is 0.138 e. The van der Waals surface area contributed by atoms with Crippen LogP contribution in [0.15, 0.2) is 30.3 Å². The van der Waals surface area contributed by atoms with E-state index in [0.29, 0.717) is 10.4 Å². The minimum Gasteiger partial charge on any atom is -0.377 e. The van der Waals surface area contributed by atoms with Crippen LogP contribution in [-0.4, -0.2) is 40.3 Å². The van der Waals surface area contributed by atoms with Gasteiger partial charge < -0.3 is 4.74 Å². The predicted octanol–water partition coefficient (Wildman–Crippen LogP) is 3.42. The third kappa shape index (κ3) is 4.49. The van der Waals surface area contributed by atoms with Gasteiger partial charge in [0.1, 0.15) is 10.0 Å². The molecule has 1 saturated heterocycles. The Hall–Kier alpha value is -1.01. The molecule has 0 bridgehead atoms. The van der Waals surface area contributed by atoms with Crippen LogP contribution >= 0.6 is 23.1 Å². The topological polar surface area (TPSA) is 38.2 Å². The maximum absolute atomic E-state index is 6.05. The second-order valence-corrected chi connectivity index (χ2v) is 6.96. The van der Waals surface area contributed by atoms with Crippen LogP contribution in [0.1, 0.15) is 24.1 Å². The van der Waals surface area contributed by atoms with Crippen LogP contribution in [0.4, 0.5) is 0 Å². The molecule has 1 aromatic heterocycles. The lowest BCUT2D eigenvalue weighted by molar-refractivity contribution is 0.0570. The Bertz CT molecular complexity index is 578. The van der Waals surface area contributed by atoms with E-state index in [0.717, 1.165) is 51.2 Å². The zero-order valence-electron chi connectivity index (χ0n) is 12.4. The summed E-state index contributed by atoms with van der Waals surface area (Å²) in [5.74, 6) is 0. The zero-order chi connectivity index (χ0) is 15.2. The van der Waals surface area contributed by atoms with Gasteiger partial charge in [0.05, 0.1) is 6.10 Å². The SMILES string of the molecule is Clc1snnc1CN1CCC(OCCCc2ccccc2)C1. The number of aromatic nitrogens is 2. The van der Waals surface area contributed by atoms with Crippen molar-refractivity contribution in [2.24, 2.45) is 0 Å². The van der Waals surface area contributed by atoms with Crippen molar-refractivity contribution in [1.82, 2.24) is 14.5 Å². The molecule has 3 rings (SSSR count). The van der Waals surface area contributed by atoms with Crippen molar-refractivity contribution in [3.05, 3.63) is 45.9 Å². The van der Waals surface area contributed by atoms with E-state index in [9.17, 15) is 0 Å². The molecule has 2 aromatic rings. The van der Waals surface area contributed by atoms with Gasteiger partial charge in [-0.1, -0.05) is 46.4 Å². The molecule has 2 heterocycles. The van der Waals surface area contributed by atoms with Crippen LogP contribution in [0.2, 0.25) is 4.34 Å². The van der Waals surface area contributed by atoms with E-state index < -0.39 is 0 Å². The minimum absolute atomic E-state index is 0.334. The summed E-state index contributed by atoms with van der Waals surface area (Å²) in [5, 5.41) is 4.07. The summed E-state index contributed by atoms with van der Waals surface area (Å²) in [6, 6.07) is 10.6. The van der Waals surface area contributed by atoms with Crippen LogP contribution in [0.5, 0.6) is 0 Å². The predicted molar refractivity (Wildman–Crippen MR) is 89.3 cm³/mol. The van der Waals surface area contributed by atoms with Crippen molar-refractivity contribution in [3.63, 3.8) is 0 Å². The van der Waals surface area contributed by atoms with Crippen molar-refractivity contribution in [3.8, 4) is 0 Å². The van der Waals surface area contributed by atoms with Crippen molar-refractivity contribution in [2.75, 3.05) is 19.7 Å². The van der Waals surface area contributed by atoms with Crippen LogP contribution in [0, 0.1) is 0 Å². The van der Waals surface area contributed by atoms with Gasteiger partial charge in [0.15, 0.2) is 0 Å². The van der Waals surface area contributed by atoms with Gasteiger partial charge in [0.25, 0.3) is 0 Å². The Morgan fingerprint density at radius 3 is 2.95 bits per heavy atom. The van der Waals surface area contributed by atoms with Gasteiger partial charge in [-0.2, -0.15) is 0 Å². The Labute approximate surface area is 140 Å². The number of rotatable bonds is 7. The van der Waals surface area contributed by atoms with Gasteiger partial charge in [-0.15, -0.1) is 5.10 Å². The Morgan fingerprint density at radius 2 is 2.18 bits per heavy atom. The Morgan fingerprint density at radius 1 is 1.32 bits per heavy atom. The number of aryl methyl sites for hydroxylation is 1. The number of likely N-dealkylation sites (tertiary alicyclic amines) is 1. The zero-order valence-corrected chi connectivity index (χ0v) is 14.0. The average molecular weight is 338 g/mol. The molecular formula is C16H20ClN3OS. The summed E-state index contributed by atoms with van der Waals surface area (Å²) in [5.41, 5.74) is 2.27. The largest absolute Gasteiger partial charge is 0.377 e. The first-order chi connectivity index (χ1) is 10.8. The first-order valence-corrected chi connectivity index (χ1v) is 8.81.